The van der Waals surface area contributed by atoms with E-state index in [1.165, 1.54) is 12.1 Å². The highest BCUT2D eigenvalue weighted by molar-refractivity contribution is 7.99. The fraction of sp³-hybridized carbons (Fsp3) is 0.167. The molecule has 1 aliphatic heterocycles. The normalized spacial score (nSPS) is 13.3. The average Bonchev–Trinajstić information content (AvgIpc) is 3.23. The van der Waals surface area contributed by atoms with Crippen LogP contribution < -0.4 is 4.72 Å². The minimum atomic E-state index is -3.98. The highest BCUT2D eigenvalue weighted by atomic mass is 32.2. The maximum atomic E-state index is 12.8. The van der Waals surface area contributed by atoms with Gasteiger partial charge >= 0.3 is 0 Å². The number of thioether (sulfide) groups is 1. The maximum absolute atomic E-state index is 12.8. The molecule has 144 valence electrons. The van der Waals surface area contributed by atoms with E-state index in [2.05, 4.69) is 14.3 Å². The van der Waals surface area contributed by atoms with Gasteiger partial charge in [-0.1, -0.05) is 30.0 Å². The highest BCUT2D eigenvalue weighted by Gasteiger charge is 2.21. The molecule has 0 amide bonds. The van der Waals surface area contributed by atoms with Gasteiger partial charge in [0.1, 0.15) is 0 Å². The standard InChI is InChI=1S/C18H16N4O4S2/c1-12-5-6-15(22(23)24)10-17(12)28(25,26)20-14-4-2-3-13(9-14)16-11-21-7-8-27-18(21)19-16/h2-6,9-11,20H,7-8H2,1H3. The van der Waals surface area contributed by atoms with Gasteiger partial charge < -0.3 is 4.57 Å². The predicted octanol–water partition coefficient (Wildman–Crippen LogP) is 3.67. The summed E-state index contributed by atoms with van der Waals surface area (Å²) in [5, 5.41) is 11.9. The third-order valence-electron chi connectivity index (χ3n) is 4.39. The molecule has 0 bridgehead atoms. The van der Waals surface area contributed by atoms with Gasteiger partial charge in [-0.25, -0.2) is 13.4 Å². The lowest BCUT2D eigenvalue weighted by atomic mass is 10.1. The Morgan fingerprint density at radius 2 is 2.07 bits per heavy atom. The zero-order valence-electron chi connectivity index (χ0n) is 14.8. The topological polar surface area (TPSA) is 107 Å². The van der Waals surface area contributed by atoms with Crippen LogP contribution in [0.1, 0.15) is 5.56 Å². The molecule has 1 aromatic heterocycles. The Morgan fingerprint density at radius 3 is 2.82 bits per heavy atom. The lowest BCUT2D eigenvalue weighted by Crippen LogP contribution is -2.14. The SMILES string of the molecule is Cc1ccc([N+](=O)[O-])cc1S(=O)(=O)Nc1cccc(-c2cn3c(n2)SCC3)c1. The minimum Gasteiger partial charge on any atom is -0.325 e. The fourth-order valence-electron chi connectivity index (χ4n) is 2.99. The van der Waals surface area contributed by atoms with Crippen LogP contribution in [0.15, 0.2) is 58.7 Å². The lowest BCUT2D eigenvalue weighted by Gasteiger charge is -2.11. The number of anilines is 1. The Balaban J connectivity index is 1.65. The molecule has 10 heteroatoms. The van der Waals surface area contributed by atoms with Gasteiger partial charge in [-0.15, -0.1) is 0 Å². The lowest BCUT2D eigenvalue weighted by molar-refractivity contribution is -0.385. The molecule has 3 aromatic rings. The Bertz CT molecular complexity index is 1170. The van der Waals surface area contributed by atoms with Gasteiger partial charge in [0.2, 0.25) is 0 Å². The summed E-state index contributed by atoms with van der Waals surface area (Å²) in [5.74, 6) is 1.00. The van der Waals surface area contributed by atoms with Crippen molar-refractivity contribution in [3.05, 3.63) is 64.3 Å². The first-order valence-corrected chi connectivity index (χ1v) is 10.9. The Kier molecular flexibility index (Phi) is 4.60. The number of rotatable bonds is 5. The molecule has 0 atom stereocenters. The third-order valence-corrected chi connectivity index (χ3v) is 6.88. The Morgan fingerprint density at radius 1 is 1.25 bits per heavy atom. The molecule has 0 saturated heterocycles. The molecule has 1 aliphatic rings. The monoisotopic (exact) mass is 416 g/mol. The number of imidazole rings is 1. The molecule has 0 radical (unpaired) electrons. The average molecular weight is 416 g/mol. The van der Waals surface area contributed by atoms with Gasteiger partial charge in [-0.05, 0) is 24.6 Å². The molecular weight excluding hydrogens is 400 g/mol. The number of nitro groups is 1. The summed E-state index contributed by atoms with van der Waals surface area (Å²) in [7, 11) is -3.98. The number of nitrogens with one attached hydrogen (secondary N) is 1. The van der Waals surface area contributed by atoms with E-state index in [9.17, 15) is 18.5 Å². The molecular formula is C18H16N4O4S2. The third kappa shape index (κ3) is 3.48. The number of hydrogen-bond donors (Lipinski definition) is 1. The van der Waals surface area contributed by atoms with Crippen LogP contribution in [0.25, 0.3) is 11.3 Å². The second-order valence-corrected chi connectivity index (χ2v) is 9.06. The zero-order valence-corrected chi connectivity index (χ0v) is 16.5. The second kappa shape index (κ2) is 6.95. The number of aromatic nitrogens is 2. The molecule has 0 aliphatic carbocycles. The van der Waals surface area contributed by atoms with Gasteiger partial charge in [0.15, 0.2) is 5.16 Å². The second-order valence-electron chi connectivity index (χ2n) is 6.34. The van der Waals surface area contributed by atoms with Crippen LogP contribution in [0.3, 0.4) is 0 Å². The first-order valence-electron chi connectivity index (χ1n) is 8.42. The van der Waals surface area contributed by atoms with Crippen LogP contribution in [0, 0.1) is 17.0 Å². The van der Waals surface area contributed by atoms with Crippen LogP contribution in [-0.4, -0.2) is 28.6 Å². The van der Waals surface area contributed by atoms with Crippen LogP contribution in [-0.2, 0) is 16.6 Å². The van der Waals surface area contributed by atoms with Crippen molar-refractivity contribution < 1.29 is 13.3 Å². The number of aryl methyl sites for hydroxylation is 2. The van der Waals surface area contributed by atoms with Gasteiger partial charge in [0, 0.05) is 41.9 Å². The molecule has 0 fully saturated rings. The Hall–Kier alpha value is -2.85. The summed E-state index contributed by atoms with van der Waals surface area (Å²) in [6.45, 7) is 2.50. The molecule has 0 spiro atoms. The van der Waals surface area contributed by atoms with Crippen LogP contribution >= 0.6 is 11.8 Å². The van der Waals surface area contributed by atoms with Crippen LogP contribution in [0.4, 0.5) is 11.4 Å². The van der Waals surface area contributed by atoms with Crippen LogP contribution in [0.2, 0.25) is 0 Å². The molecule has 0 unspecified atom stereocenters. The summed E-state index contributed by atoms with van der Waals surface area (Å²) in [4.78, 5) is 14.8. The number of fused-ring (bicyclic) bond motifs is 1. The largest absolute Gasteiger partial charge is 0.325 e. The zero-order chi connectivity index (χ0) is 19.9. The summed E-state index contributed by atoms with van der Waals surface area (Å²) < 4.78 is 30.2. The number of nitrogens with zero attached hydrogens (tertiary/aromatic N) is 3. The number of benzene rings is 2. The van der Waals surface area contributed by atoms with Crippen molar-refractivity contribution >= 4 is 33.2 Å². The summed E-state index contributed by atoms with van der Waals surface area (Å²) in [6.07, 6.45) is 1.95. The van der Waals surface area contributed by atoms with Crippen molar-refractivity contribution in [2.24, 2.45) is 0 Å². The molecule has 0 saturated carbocycles. The highest BCUT2D eigenvalue weighted by Crippen LogP contribution is 2.30. The van der Waals surface area contributed by atoms with E-state index in [1.807, 2.05) is 12.3 Å². The quantitative estimate of drug-likeness (QED) is 0.502. The van der Waals surface area contributed by atoms with Crippen molar-refractivity contribution in [2.75, 3.05) is 10.5 Å². The van der Waals surface area contributed by atoms with Crippen molar-refractivity contribution in [3.8, 4) is 11.3 Å². The van der Waals surface area contributed by atoms with E-state index in [0.717, 1.165) is 34.8 Å². The van der Waals surface area contributed by atoms with Gasteiger partial charge in [-0.2, -0.15) is 0 Å². The molecule has 2 heterocycles. The van der Waals surface area contributed by atoms with Crippen molar-refractivity contribution in [3.63, 3.8) is 0 Å². The van der Waals surface area contributed by atoms with Crippen molar-refractivity contribution in [1.82, 2.24) is 9.55 Å². The number of sulfonamides is 1. The van der Waals surface area contributed by atoms with E-state index in [0.29, 0.717) is 11.3 Å². The number of non-ortho nitro benzene ring substituents is 1. The first-order chi connectivity index (χ1) is 13.3. The van der Waals surface area contributed by atoms with Gasteiger partial charge in [-0.3, -0.25) is 14.8 Å². The molecule has 4 rings (SSSR count). The first kappa shape index (κ1) is 18.5. The van der Waals surface area contributed by atoms with Crippen LogP contribution in [0.5, 0.6) is 0 Å². The van der Waals surface area contributed by atoms with E-state index in [4.69, 9.17) is 0 Å². The van der Waals surface area contributed by atoms with E-state index in [-0.39, 0.29) is 10.6 Å². The predicted molar refractivity (Wildman–Crippen MR) is 107 cm³/mol. The summed E-state index contributed by atoms with van der Waals surface area (Å²) in [6, 6.07) is 10.7. The summed E-state index contributed by atoms with van der Waals surface area (Å²) in [5.41, 5.74) is 2.08. The van der Waals surface area contributed by atoms with Gasteiger partial charge in [0.25, 0.3) is 15.7 Å². The maximum Gasteiger partial charge on any atom is 0.270 e. The molecule has 2 aromatic carbocycles. The molecule has 8 nitrogen and oxygen atoms in total. The fourth-order valence-corrected chi connectivity index (χ4v) is 5.25. The smallest absolute Gasteiger partial charge is 0.270 e. The van der Waals surface area contributed by atoms with E-state index in [1.54, 1.807) is 36.9 Å². The molecule has 28 heavy (non-hydrogen) atoms. The summed E-state index contributed by atoms with van der Waals surface area (Å²) >= 11 is 1.69. The Labute approximate surface area is 165 Å². The van der Waals surface area contributed by atoms with E-state index < -0.39 is 14.9 Å². The number of nitro benzene ring substituents is 1. The van der Waals surface area contributed by atoms with Crippen molar-refractivity contribution in [1.29, 1.82) is 0 Å². The van der Waals surface area contributed by atoms with Gasteiger partial charge in [0.05, 0.1) is 15.5 Å². The van der Waals surface area contributed by atoms with E-state index >= 15 is 0 Å². The van der Waals surface area contributed by atoms with Crippen molar-refractivity contribution in [2.45, 2.75) is 23.5 Å². The molecule has 1 N–H and O–H groups in total. The number of hydrogen-bond acceptors (Lipinski definition) is 6. The minimum absolute atomic E-state index is 0.121.